The summed E-state index contributed by atoms with van der Waals surface area (Å²) in [5, 5.41) is 2.85. The zero-order valence-corrected chi connectivity index (χ0v) is 12.6. The van der Waals surface area contributed by atoms with E-state index >= 15 is 0 Å². The van der Waals surface area contributed by atoms with E-state index < -0.39 is 0 Å². The summed E-state index contributed by atoms with van der Waals surface area (Å²) >= 11 is 0. The predicted octanol–water partition coefficient (Wildman–Crippen LogP) is 1.95. The van der Waals surface area contributed by atoms with Gasteiger partial charge in [-0.05, 0) is 45.1 Å². The third kappa shape index (κ3) is 6.04. The van der Waals surface area contributed by atoms with Gasteiger partial charge in [0.25, 0.3) is 0 Å². The highest BCUT2D eigenvalue weighted by molar-refractivity contribution is 5.91. The van der Waals surface area contributed by atoms with Crippen LogP contribution in [0.4, 0.5) is 11.4 Å². The number of ether oxygens (including phenoxy) is 1. The van der Waals surface area contributed by atoms with E-state index in [2.05, 4.69) is 17.1 Å². The molecule has 1 aromatic rings. The first-order chi connectivity index (χ1) is 9.52. The van der Waals surface area contributed by atoms with Crippen LogP contribution in [0, 0.1) is 0 Å². The summed E-state index contributed by atoms with van der Waals surface area (Å²) in [4.78, 5) is 14.0. The van der Waals surface area contributed by atoms with Crippen LogP contribution in [0.2, 0.25) is 0 Å². The highest BCUT2D eigenvalue weighted by Gasteiger charge is 2.09. The number of likely N-dealkylation sites (N-methyl/N-ethyl adjacent to an activating group) is 1. The Kier molecular flexibility index (Phi) is 7.04. The lowest BCUT2D eigenvalue weighted by atomic mass is 10.2. The number of hydrogen-bond donors (Lipinski definition) is 2. The number of rotatable bonds is 8. The maximum atomic E-state index is 11.8. The quantitative estimate of drug-likeness (QED) is 0.714. The van der Waals surface area contributed by atoms with Gasteiger partial charge in [-0.2, -0.15) is 0 Å². The van der Waals surface area contributed by atoms with Gasteiger partial charge in [0.15, 0.2) is 0 Å². The molecule has 0 heterocycles. The Morgan fingerprint density at radius 2 is 2.25 bits per heavy atom. The lowest BCUT2D eigenvalue weighted by Crippen LogP contribution is -2.33. The molecule has 0 bridgehead atoms. The van der Waals surface area contributed by atoms with Crippen molar-refractivity contribution in [1.82, 2.24) is 4.90 Å². The molecule has 0 aliphatic carbocycles. The molecular formula is C15H25N3O2. The largest absolute Gasteiger partial charge is 0.399 e. The first kappa shape index (κ1) is 16.5. The van der Waals surface area contributed by atoms with Crippen molar-refractivity contribution in [3.8, 4) is 0 Å². The second-order valence-electron chi connectivity index (χ2n) is 5.06. The van der Waals surface area contributed by atoms with Gasteiger partial charge in [0.1, 0.15) is 0 Å². The third-order valence-corrected chi connectivity index (χ3v) is 3.25. The first-order valence-corrected chi connectivity index (χ1v) is 6.87. The lowest BCUT2D eigenvalue weighted by Gasteiger charge is -2.23. The molecule has 0 saturated carbocycles. The summed E-state index contributed by atoms with van der Waals surface area (Å²) in [5.74, 6) is 0.0170. The minimum absolute atomic E-state index is 0.0170. The van der Waals surface area contributed by atoms with Crippen molar-refractivity contribution in [2.75, 3.05) is 38.4 Å². The van der Waals surface area contributed by atoms with Crippen molar-refractivity contribution in [3.05, 3.63) is 24.3 Å². The van der Waals surface area contributed by atoms with Crippen LogP contribution in [-0.2, 0) is 9.53 Å². The fourth-order valence-corrected chi connectivity index (χ4v) is 1.92. The van der Waals surface area contributed by atoms with E-state index in [9.17, 15) is 4.79 Å². The highest BCUT2D eigenvalue weighted by Crippen LogP contribution is 2.12. The third-order valence-electron chi connectivity index (χ3n) is 3.25. The lowest BCUT2D eigenvalue weighted by molar-refractivity contribution is -0.116. The van der Waals surface area contributed by atoms with Crippen molar-refractivity contribution in [1.29, 1.82) is 0 Å². The molecule has 5 nitrogen and oxygen atoms in total. The molecule has 1 unspecified atom stereocenters. The molecule has 0 fully saturated rings. The minimum Gasteiger partial charge on any atom is -0.399 e. The Morgan fingerprint density at radius 1 is 1.50 bits per heavy atom. The molecule has 5 heteroatoms. The molecule has 0 saturated heterocycles. The highest BCUT2D eigenvalue weighted by atomic mass is 16.5. The van der Waals surface area contributed by atoms with E-state index in [0.29, 0.717) is 24.8 Å². The normalized spacial score (nSPS) is 12.4. The molecule has 0 aromatic heterocycles. The van der Waals surface area contributed by atoms with Gasteiger partial charge in [0, 0.05) is 30.9 Å². The Labute approximate surface area is 121 Å². The predicted molar refractivity (Wildman–Crippen MR) is 82.7 cm³/mol. The average Bonchev–Trinajstić information content (AvgIpc) is 2.38. The number of nitrogen functional groups attached to an aromatic ring is 1. The molecule has 1 rings (SSSR count). The molecule has 112 valence electrons. The number of anilines is 2. The topological polar surface area (TPSA) is 67.6 Å². The molecular weight excluding hydrogens is 254 g/mol. The van der Waals surface area contributed by atoms with E-state index in [1.165, 1.54) is 0 Å². The number of benzene rings is 1. The van der Waals surface area contributed by atoms with Crippen molar-refractivity contribution < 1.29 is 9.53 Å². The van der Waals surface area contributed by atoms with Crippen molar-refractivity contribution in [3.63, 3.8) is 0 Å². The molecule has 0 aliphatic rings. The maximum Gasteiger partial charge on any atom is 0.224 e. The van der Waals surface area contributed by atoms with Crippen molar-refractivity contribution >= 4 is 17.3 Å². The molecule has 0 aliphatic heterocycles. The summed E-state index contributed by atoms with van der Waals surface area (Å²) in [6.45, 7) is 3.68. The molecule has 0 spiro atoms. The first-order valence-electron chi connectivity index (χ1n) is 6.87. The number of nitrogens with zero attached hydrogens (tertiary/aromatic N) is 1. The number of methoxy groups -OCH3 is 1. The average molecular weight is 279 g/mol. The van der Waals surface area contributed by atoms with E-state index in [1.807, 2.05) is 19.2 Å². The standard InChI is InChI=1S/C15H25N3O2/c1-12(11-20-3)18(2)9-5-8-15(19)17-14-7-4-6-13(16)10-14/h4,6-7,10,12H,5,8-9,11,16H2,1-3H3,(H,17,19). The SMILES string of the molecule is COCC(C)N(C)CCCC(=O)Nc1cccc(N)c1. The van der Waals surface area contributed by atoms with Gasteiger partial charge >= 0.3 is 0 Å². The molecule has 1 atom stereocenters. The summed E-state index contributed by atoms with van der Waals surface area (Å²) in [6.07, 6.45) is 1.32. The zero-order chi connectivity index (χ0) is 15.0. The fraction of sp³-hybridized carbons (Fsp3) is 0.533. The minimum atomic E-state index is 0.0170. The van der Waals surface area contributed by atoms with Gasteiger partial charge in [-0.3, -0.25) is 4.79 Å². The smallest absolute Gasteiger partial charge is 0.224 e. The van der Waals surface area contributed by atoms with Crippen LogP contribution >= 0.6 is 0 Å². The molecule has 1 aromatic carbocycles. The van der Waals surface area contributed by atoms with Crippen LogP contribution in [0.5, 0.6) is 0 Å². The van der Waals surface area contributed by atoms with Crippen LogP contribution in [-0.4, -0.2) is 44.2 Å². The van der Waals surface area contributed by atoms with Gasteiger partial charge in [-0.1, -0.05) is 6.07 Å². The fourth-order valence-electron chi connectivity index (χ4n) is 1.92. The van der Waals surface area contributed by atoms with Crippen LogP contribution in [0.1, 0.15) is 19.8 Å². The molecule has 1 amide bonds. The van der Waals surface area contributed by atoms with Gasteiger partial charge in [-0.15, -0.1) is 0 Å². The summed E-state index contributed by atoms with van der Waals surface area (Å²) < 4.78 is 5.11. The van der Waals surface area contributed by atoms with Crippen LogP contribution in [0.15, 0.2) is 24.3 Å². The molecule has 20 heavy (non-hydrogen) atoms. The summed E-state index contributed by atoms with van der Waals surface area (Å²) in [7, 11) is 3.74. The zero-order valence-electron chi connectivity index (χ0n) is 12.6. The van der Waals surface area contributed by atoms with Gasteiger partial charge in [0.05, 0.1) is 6.61 Å². The number of hydrogen-bond acceptors (Lipinski definition) is 4. The van der Waals surface area contributed by atoms with E-state index in [4.69, 9.17) is 10.5 Å². The Hall–Kier alpha value is -1.59. The second-order valence-corrected chi connectivity index (χ2v) is 5.06. The number of amides is 1. The van der Waals surface area contributed by atoms with Crippen LogP contribution in [0.3, 0.4) is 0 Å². The summed E-state index contributed by atoms with van der Waals surface area (Å²) in [6, 6.07) is 7.57. The molecule has 3 N–H and O–H groups in total. The Balaban J connectivity index is 2.26. The number of nitrogens with one attached hydrogen (secondary N) is 1. The van der Waals surface area contributed by atoms with Crippen molar-refractivity contribution in [2.45, 2.75) is 25.8 Å². The van der Waals surface area contributed by atoms with E-state index in [0.717, 1.165) is 18.7 Å². The van der Waals surface area contributed by atoms with Gasteiger partial charge in [-0.25, -0.2) is 0 Å². The number of carbonyl (C=O) groups is 1. The van der Waals surface area contributed by atoms with Crippen LogP contribution in [0.25, 0.3) is 0 Å². The monoisotopic (exact) mass is 279 g/mol. The van der Waals surface area contributed by atoms with Crippen LogP contribution < -0.4 is 11.1 Å². The number of carbonyl (C=O) groups excluding carboxylic acids is 1. The second kappa shape index (κ2) is 8.55. The maximum absolute atomic E-state index is 11.8. The van der Waals surface area contributed by atoms with Gasteiger partial charge < -0.3 is 20.7 Å². The van der Waals surface area contributed by atoms with Gasteiger partial charge in [0.2, 0.25) is 5.91 Å². The Morgan fingerprint density at radius 3 is 2.90 bits per heavy atom. The number of nitrogens with two attached hydrogens (primary N) is 1. The van der Waals surface area contributed by atoms with E-state index in [-0.39, 0.29) is 5.91 Å². The van der Waals surface area contributed by atoms with Crippen molar-refractivity contribution in [2.24, 2.45) is 0 Å². The van der Waals surface area contributed by atoms with E-state index in [1.54, 1.807) is 19.2 Å². The molecule has 0 radical (unpaired) electrons. The summed E-state index contributed by atoms with van der Waals surface area (Å²) in [5.41, 5.74) is 7.06. The Bertz CT molecular complexity index is 423.